The van der Waals surface area contributed by atoms with Gasteiger partial charge in [0.25, 0.3) is 0 Å². The number of hydrogen-bond donors (Lipinski definition) is 0. The Balaban J connectivity index is 1.55. The highest BCUT2D eigenvalue weighted by Crippen LogP contribution is 2.17. The van der Waals surface area contributed by atoms with E-state index in [1.54, 1.807) is 6.20 Å². The van der Waals surface area contributed by atoms with Gasteiger partial charge in [-0.25, -0.2) is 0 Å². The Kier molecular flexibility index (Phi) is 3.90. The molecule has 0 aliphatic rings. The third-order valence-electron chi connectivity index (χ3n) is 2.99. The summed E-state index contributed by atoms with van der Waals surface area (Å²) in [5.41, 5.74) is 2.10. The van der Waals surface area contributed by atoms with Crippen LogP contribution in [0.2, 0.25) is 0 Å². The van der Waals surface area contributed by atoms with Crippen molar-refractivity contribution in [2.24, 2.45) is 0 Å². The van der Waals surface area contributed by atoms with Crippen LogP contribution in [0.15, 0.2) is 66.9 Å². The number of rotatable bonds is 5. The van der Waals surface area contributed by atoms with Crippen LogP contribution >= 0.6 is 0 Å². The zero-order valence-electron chi connectivity index (χ0n) is 11.0. The largest absolute Gasteiger partial charge is 0.466 e. The third-order valence-corrected chi connectivity index (χ3v) is 2.99. The summed E-state index contributed by atoms with van der Waals surface area (Å²) < 4.78 is 11.0. The topological polar surface area (TPSA) is 31.4 Å². The minimum absolute atomic E-state index is 0.217. The number of benzene rings is 2. The maximum Gasteiger partial charge on any atom is 0.189 e. The van der Waals surface area contributed by atoms with Gasteiger partial charge in [0.1, 0.15) is 5.75 Å². The van der Waals surface area contributed by atoms with Crippen LogP contribution < -0.4 is 4.74 Å². The molecule has 0 bridgehead atoms. The summed E-state index contributed by atoms with van der Waals surface area (Å²) >= 11 is 0. The van der Waals surface area contributed by atoms with E-state index in [2.05, 4.69) is 4.98 Å². The summed E-state index contributed by atoms with van der Waals surface area (Å²) in [6.45, 7) is 0.761. The maximum atomic E-state index is 5.55. The normalized spacial score (nSPS) is 10.6. The van der Waals surface area contributed by atoms with Gasteiger partial charge in [0.2, 0.25) is 0 Å². The van der Waals surface area contributed by atoms with Crippen LogP contribution in [0.4, 0.5) is 0 Å². The summed E-state index contributed by atoms with van der Waals surface area (Å²) in [6, 6.07) is 19.9. The Hall–Kier alpha value is -2.39. The number of nitrogens with zero attached hydrogens (tertiary/aromatic N) is 1. The van der Waals surface area contributed by atoms with E-state index in [1.165, 1.54) is 0 Å². The van der Waals surface area contributed by atoms with Crippen molar-refractivity contribution in [1.29, 1.82) is 0 Å². The second-order valence-corrected chi connectivity index (χ2v) is 4.46. The summed E-state index contributed by atoms with van der Waals surface area (Å²) in [6.07, 6.45) is 1.72. The van der Waals surface area contributed by atoms with E-state index >= 15 is 0 Å². The standard InChI is InChI=1S/C17H15NO2/c1-2-6-14(7-3-1)12-19-13-20-16-10-15-8-4-5-9-17(15)18-11-16/h1-11H,12-13H2. The Morgan fingerprint density at radius 1 is 0.900 bits per heavy atom. The van der Waals surface area contributed by atoms with Gasteiger partial charge in [-0.1, -0.05) is 48.5 Å². The number of fused-ring (bicyclic) bond motifs is 1. The van der Waals surface area contributed by atoms with Crippen LogP contribution in [-0.2, 0) is 11.3 Å². The van der Waals surface area contributed by atoms with Gasteiger partial charge < -0.3 is 9.47 Å². The first-order valence-corrected chi connectivity index (χ1v) is 6.51. The van der Waals surface area contributed by atoms with Crippen molar-refractivity contribution >= 4 is 10.9 Å². The summed E-state index contributed by atoms with van der Waals surface area (Å²) in [4.78, 5) is 4.34. The molecule has 3 nitrogen and oxygen atoms in total. The molecule has 1 aromatic heterocycles. The average molecular weight is 265 g/mol. The molecular formula is C17H15NO2. The third kappa shape index (κ3) is 3.13. The highest BCUT2D eigenvalue weighted by Gasteiger charge is 1.98. The Morgan fingerprint density at radius 2 is 1.70 bits per heavy atom. The van der Waals surface area contributed by atoms with Gasteiger partial charge in [0.05, 0.1) is 18.3 Å². The second kappa shape index (κ2) is 6.17. The van der Waals surface area contributed by atoms with Gasteiger partial charge in [-0.15, -0.1) is 0 Å². The molecule has 3 aromatic rings. The van der Waals surface area contributed by atoms with Crippen LogP contribution in [0.25, 0.3) is 10.9 Å². The molecule has 100 valence electrons. The van der Waals surface area contributed by atoms with E-state index in [0.29, 0.717) is 6.61 Å². The van der Waals surface area contributed by atoms with Crippen molar-refractivity contribution in [1.82, 2.24) is 4.98 Å². The zero-order valence-corrected chi connectivity index (χ0v) is 11.0. The minimum atomic E-state index is 0.217. The van der Waals surface area contributed by atoms with Crippen molar-refractivity contribution in [3.63, 3.8) is 0 Å². The molecule has 3 rings (SSSR count). The van der Waals surface area contributed by atoms with Crippen LogP contribution in [0, 0.1) is 0 Å². The fraction of sp³-hybridized carbons (Fsp3) is 0.118. The van der Waals surface area contributed by atoms with E-state index in [0.717, 1.165) is 22.2 Å². The van der Waals surface area contributed by atoms with Crippen LogP contribution in [0.1, 0.15) is 5.56 Å². The molecule has 2 aromatic carbocycles. The van der Waals surface area contributed by atoms with Crippen LogP contribution in [0.3, 0.4) is 0 Å². The SMILES string of the molecule is c1ccc(COCOc2cnc3ccccc3c2)cc1. The molecule has 0 unspecified atom stereocenters. The molecule has 0 spiro atoms. The summed E-state index contributed by atoms with van der Waals surface area (Å²) in [5, 5.41) is 1.06. The Morgan fingerprint density at radius 3 is 2.60 bits per heavy atom. The predicted octanol–water partition coefficient (Wildman–Crippen LogP) is 3.79. The predicted molar refractivity (Wildman–Crippen MR) is 78.5 cm³/mol. The van der Waals surface area contributed by atoms with Crippen LogP contribution in [0.5, 0.6) is 5.75 Å². The van der Waals surface area contributed by atoms with Gasteiger partial charge in [-0.3, -0.25) is 4.98 Å². The molecule has 0 N–H and O–H groups in total. The molecular weight excluding hydrogens is 250 g/mol. The molecule has 0 amide bonds. The molecule has 0 atom stereocenters. The fourth-order valence-electron chi connectivity index (χ4n) is 1.97. The molecule has 20 heavy (non-hydrogen) atoms. The molecule has 0 aliphatic carbocycles. The minimum Gasteiger partial charge on any atom is -0.466 e. The van der Waals surface area contributed by atoms with E-state index in [-0.39, 0.29) is 6.79 Å². The van der Waals surface area contributed by atoms with E-state index in [4.69, 9.17) is 9.47 Å². The molecule has 0 saturated carbocycles. The first-order chi connectivity index (χ1) is 9.92. The second-order valence-electron chi connectivity index (χ2n) is 4.46. The number of pyridine rings is 1. The van der Waals surface area contributed by atoms with Crippen molar-refractivity contribution in [3.8, 4) is 5.75 Å². The molecule has 0 saturated heterocycles. The van der Waals surface area contributed by atoms with E-state index < -0.39 is 0 Å². The molecule has 0 radical (unpaired) electrons. The monoisotopic (exact) mass is 265 g/mol. The van der Waals surface area contributed by atoms with Gasteiger partial charge in [-0.05, 0) is 17.7 Å². The average Bonchev–Trinajstić information content (AvgIpc) is 2.52. The van der Waals surface area contributed by atoms with E-state index in [9.17, 15) is 0 Å². The van der Waals surface area contributed by atoms with Gasteiger partial charge in [-0.2, -0.15) is 0 Å². The lowest BCUT2D eigenvalue weighted by Crippen LogP contribution is -2.03. The number of ether oxygens (including phenoxy) is 2. The lowest BCUT2D eigenvalue weighted by Gasteiger charge is -2.07. The highest BCUT2D eigenvalue weighted by molar-refractivity contribution is 5.79. The van der Waals surface area contributed by atoms with Gasteiger partial charge in [0, 0.05) is 5.39 Å². The first-order valence-electron chi connectivity index (χ1n) is 6.51. The Labute approximate surface area is 117 Å². The van der Waals surface area contributed by atoms with Gasteiger partial charge >= 0.3 is 0 Å². The van der Waals surface area contributed by atoms with E-state index in [1.807, 2.05) is 60.7 Å². The number of aromatic nitrogens is 1. The zero-order chi connectivity index (χ0) is 13.6. The van der Waals surface area contributed by atoms with Crippen molar-refractivity contribution in [3.05, 3.63) is 72.4 Å². The van der Waals surface area contributed by atoms with Crippen molar-refractivity contribution < 1.29 is 9.47 Å². The molecule has 1 heterocycles. The van der Waals surface area contributed by atoms with Gasteiger partial charge in [0.15, 0.2) is 6.79 Å². The smallest absolute Gasteiger partial charge is 0.189 e. The fourth-order valence-corrected chi connectivity index (χ4v) is 1.97. The quantitative estimate of drug-likeness (QED) is 0.519. The van der Waals surface area contributed by atoms with Crippen LogP contribution in [-0.4, -0.2) is 11.8 Å². The lowest BCUT2D eigenvalue weighted by molar-refractivity contribution is 0.00495. The highest BCUT2D eigenvalue weighted by atomic mass is 16.7. The maximum absolute atomic E-state index is 5.55. The number of hydrogen-bond acceptors (Lipinski definition) is 3. The Bertz CT molecular complexity index is 683. The molecule has 0 aliphatic heterocycles. The summed E-state index contributed by atoms with van der Waals surface area (Å²) in [5.74, 6) is 0.719. The summed E-state index contributed by atoms with van der Waals surface area (Å²) in [7, 11) is 0. The first kappa shape index (κ1) is 12.6. The lowest BCUT2D eigenvalue weighted by atomic mass is 10.2. The molecule has 3 heteroatoms. The number of para-hydroxylation sites is 1. The van der Waals surface area contributed by atoms with Crippen molar-refractivity contribution in [2.75, 3.05) is 6.79 Å². The molecule has 0 fully saturated rings. The van der Waals surface area contributed by atoms with Crippen molar-refractivity contribution in [2.45, 2.75) is 6.61 Å².